The van der Waals surface area contributed by atoms with Crippen LogP contribution in [0.3, 0.4) is 0 Å². The Morgan fingerprint density at radius 1 is 0.933 bits per heavy atom. The van der Waals surface area contributed by atoms with Crippen molar-refractivity contribution in [2.75, 3.05) is 26.0 Å². The molecule has 154 valence electrons. The van der Waals surface area contributed by atoms with Gasteiger partial charge in [0.25, 0.3) is 0 Å². The number of nitrogens with one attached hydrogen (secondary N) is 1. The molecule has 0 bridgehead atoms. The Labute approximate surface area is 180 Å². The molecule has 0 radical (unpaired) electrons. The van der Waals surface area contributed by atoms with E-state index in [1.165, 1.54) is 49.9 Å². The van der Waals surface area contributed by atoms with Crippen LogP contribution in [0.1, 0.15) is 33.7 Å². The average molecular weight is 397 g/mol. The molecule has 3 aromatic carbocycles. The molecule has 0 fully saturated rings. The molecule has 1 N–H and O–H groups in total. The van der Waals surface area contributed by atoms with Crippen LogP contribution in [0, 0.1) is 20.8 Å². The van der Waals surface area contributed by atoms with Crippen molar-refractivity contribution in [1.82, 2.24) is 4.90 Å². The number of aryl methyl sites for hydroxylation is 3. The van der Waals surface area contributed by atoms with Crippen molar-refractivity contribution in [2.45, 2.75) is 33.2 Å². The maximum atomic E-state index is 3.78. The number of allylic oxidation sites excluding steroid dienone is 3. The van der Waals surface area contributed by atoms with Crippen LogP contribution in [0.2, 0.25) is 0 Å². The average Bonchev–Trinajstić information content (AvgIpc) is 3.14. The molecule has 1 atom stereocenters. The molecule has 2 nitrogen and oxygen atoms in total. The van der Waals surface area contributed by atoms with Gasteiger partial charge in [0.1, 0.15) is 0 Å². The number of hydrogen-bond acceptors (Lipinski definition) is 2. The molecule has 2 heteroatoms. The van der Waals surface area contributed by atoms with Gasteiger partial charge in [0.15, 0.2) is 0 Å². The summed E-state index contributed by atoms with van der Waals surface area (Å²) in [6.07, 6.45) is 6.84. The van der Waals surface area contributed by atoms with E-state index < -0.39 is 0 Å². The third-order valence-electron chi connectivity index (χ3n) is 6.04. The summed E-state index contributed by atoms with van der Waals surface area (Å²) in [5.74, 6) is 0.342. The van der Waals surface area contributed by atoms with Crippen LogP contribution < -0.4 is 5.32 Å². The number of nitrogens with zero attached hydrogens (tertiary/aromatic N) is 1. The Kier molecular flexibility index (Phi) is 5.78. The van der Waals surface area contributed by atoms with Gasteiger partial charge < -0.3 is 10.2 Å². The summed E-state index contributed by atoms with van der Waals surface area (Å²) in [6, 6.07) is 17.9. The normalized spacial score (nSPS) is 15.8. The lowest BCUT2D eigenvalue weighted by molar-refractivity contribution is 0.439. The van der Waals surface area contributed by atoms with Gasteiger partial charge in [0, 0.05) is 24.7 Å². The fourth-order valence-electron chi connectivity index (χ4n) is 4.81. The van der Waals surface area contributed by atoms with Crippen molar-refractivity contribution in [3.05, 3.63) is 100 Å². The van der Waals surface area contributed by atoms with E-state index in [0.29, 0.717) is 5.92 Å². The van der Waals surface area contributed by atoms with E-state index in [0.717, 1.165) is 13.1 Å². The SMILES string of the molecule is Cc1cc(C)c(NCc2c(C3C=CC=C3CN(C)C)ccc3ccccc23)c(C)c1. The zero-order valence-electron chi connectivity index (χ0n) is 18.8. The summed E-state index contributed by atoms with van der Waals surface area (Å²) in [4.78, 5) is 2.25. The topological polar surface area (TPSA) is 15.3 Å². The molecule has 0 saturated heterocycles. The van der Waals surface area contributed by atoms with Gasteiger partial charge in [-0.15, -0.1) is 0 Å². The fraction of sp³-hybridized carbons (Fsp3) is 0.286. The van der Waals surface area contributed by atoms with E-state index >= 15 is 0 Å². The van der Waals surface area contributed by atoms with Crippen molar-refractivity contribution in [1.29, 1.82) is 0 Å². The Bertz CT molecular complexity index is 1110. The Hall–Kier alpha value is -2.84. The van der Waals surface area contributed by atoms with Gasteiger partial charge in [-0.05, 0) is 73.5 Å². The maximum absolute atomic E-state index is 3.78. The predicted molar refractivity (Wildman–Crippen MR) is 130 cm³/mol. The van der Waals surface area contributed by atoms with Crippen LogP contribution in [-0.2, 0) is 6.54 Å². The summed E-state index contributed by atoms with van der Waals surface area (Å²) in [5.41, 5.74) is 9.45. The van der Waals surface area contributed by atoms with E-state index in [-0.39, 0.29) is 0 Å². The third-order valence-corrected chi connectivity index (χ3v) is 6.04. The first-order valence-corrected chi connectivity index (χ1v) is 10.8. The minimum Gasteiger partial charge on any atom is -0.381 e. The molecule has 1 aliphatic carbocycles. The van der Waals surface area contributed by atoms with Crippen molar-refractivity contribution in [3.63, 3.8) is 0 Å². The molecule has 0 heterocycles. The van der Waals surface area contributed by atoms with Crippen molar-refractivity contribution >= 4 is 16.5 Å². The second kappa shape index (κ2) is 8.49. The minimum absolute atomic E-state index is 0.342. The molecule has 0 aromatic heterocycles. The largest absolute Gasteiger partial charge is 0.381 e. The van der Waals surface area contributed by atoms with Gasteiger partial charge in [-0.1, -0.05) is 72.3 Å². The van der Waals surface area contributed by atoms with Crippen molar-refractivity contribution < 1.29 is 0 Å². The van der Waals surface area contributed by atoms with Gasteiger partial charge in [-0.3, -0.25) is 0 Å². The predicted octanol–water partition coefficient (Wildman–Crippen LogP) is 6.52. The number of fused-ring (bicyclic) bond motifs is 1. The van der Waals surface area contributed by atoms with Crippen LogP contribution in [0.25, 0.3) is 10.8 Å². The first-order valence-electron chi connectivity index (χ1n) is 10.8. The summed E-state index contributed by atoms with van der Waals surface area (Å²) in [7, 11) is 4.28. The summed E-state index contributed by atoms with van der Waals surface area (Å²) < 4.78 is 0. The van der Waals surface area contributed by atoms with Crippen LogP contribution in [0.15, 0.2) is 72.3 Å². The van der Waals surface area contributed by atoms with Crippen molar-refractivity contribution in [2.24, 2.45) is 0 Å². The molecule has 1 unspecified atom stereocenters. The molecule has 0 amide bonds. The Morgan fingerprint density at radius 2 is 1.67 bits per heavy atom. The Morgan fingerprint density at radius 3 is 2.40 bits per heavy atom. The molecule has 0 spiro atoms. The summed E-state index contributed by atoms with van der Waals surface area (Å²) >= 11 is 0. The lowest BCUT2D eigenvalue weighted by Crippen LogP contribution is -2.18. The number of benzene rings is 3. The zero-order chi connectivity index (χ0) is 21.3. The Balaban J connectivity index is 1.75. The van der Waals surface area contributed by atoms with E-state index in [9.17, 15) is 0 Å². The van der Waals surface area contributed by atoms with E-state index in [2.05, 4.69) is 112 Å². The van der Waals surface area contributed by atoms with E-state index in [4.69, 9.17) is 0 Å². The second-order valence-corrected chi connectivity index (χ2v) is 8.82. The molecule has 1 aliphatic rings. The zero-order valence-corrected chi connectivity index (χ0v) is 18.8. The molecule has 0 aliphatic heterocycles. The summed E-state index contributed by atoms with van der Waals surface area (Å²) in [5, 5.41) is 6.43. The van der Waals surface area contributed by atoms with Crippen LogP contribution in [0.4, 0.5) is 5.69 Å². The van der Waals surface area contributed by atoms with E-state index in [1.807, 2.05) is 0 Å². The first-order chi connectivity index (χ1) is 14.4. The number of anilines is 1. The van der Waals surface area contributed by atoms with Crippen LogP contribution in [-0.4, -0.2) is 25.5 Å². The van der Waals surface area contributed by atoms with Crippen LogP contribution >= 0.6 is 0 Å². The summed E-state index contributed by atoms with van der Waals surface area (Å²) in [6.45, 7) is 8.36. The smallest absolute Gasteiger partial charge is 0.0410 e. The highest BCUT2D eigenvalue weighted by Gasteiger charge is 2.21. The highest BCUT2D eigenvalue weighted by molar-refractivity contribution is 5.87. The van der Waals surface area contributed by atoms with Gasteiger partial charge in [0.2, 0.25) is 0 Å². The maximum Gasteiger partial charge on any atom is 0.0410 e. The number of rotatable bonds is 6. The monoisotopic (exact) mass is 396 g/mol. The van der Waals surface area contributed by atoms with Gasteiger partial charge in [0.05, 0.1) is 0 Å². The van der Waals surface area contributed by atoms with Crippen LogP contribution in [0.5, 0.6) is 0 Å². The molecule has 30 heavy (non-hydrogen) atoms. The molecular formula is C28H32N2. The quantitative estimate of drug-likeness (QED) is 0.510. The highest BCUT2D eigenvalue weighted by atomic mass is 15.0. The van der Waals surface area contributed by atoms with Crippen molar-refractivity contribution in [3.8, 4) is 0 Å². The molecular weight excluding hydrogens is 364 g/mol. The van der Waals surface area contributed by atoms with Gasteiger partial charge in [-0.25, -0.2) is 0 Å². The third kappa shape index (κ3) is 4.06. The van der Waals surface area contributed by atoms with Gasteiger partial charge in [-0.2, -0.15) is 0 Å². The standard InChI is InChI=1S/C28H32N2/c1-19-15-20(2)28(21(3)16-19)29-17-27-24-11-7-6-9-22(24)13-14-26(27)25-12-8-10-23(25)18-30(4)5/h6-16,25,29H,17-18H2,1-5H3. The number of likely N-dealkylation sites (N-methyl/N-ethyl adjacent to an activating group) is 1. The number of hydrogen-bond donors (Lipinski definition) is 1. The first kappa shape index (κ1) is 20.4. The molecule has 3 aromatic rings. The lowest BCUT2D eigenvalue weighted by Gasteiger charge is -2.23. The lowest BCUT2D eigenvalue weighted by atomic mass is 9.87. The minimum atomic E-state index is 0.342. The van der Waals surface area contributed by atoms with E-state index in [1.54, 1.807) is 0 Å². The second-order valence-electron chi connectivity index (χ2n) is 8.82. The fourth-order valence-corrected chi connectivity index (χ4v) is 4.81. The molecule has 4 rings (SSSR count). The molecule has 0 saturated carbocycles. The van der Waals surface area contributed by atoms with Gasteiger partial charge >= 0.3 is 0 Å². The highest BCUT2D eigenvalue weighted by Crippen LogP contribution is 2.36.